The van der Waals surface area contributed by atoms with Crippen LogP contribution in [0, 0.1) is 0 Å². The maximum atomic E-state index is 10.5. The first-order chi connectivity index (χ1) is 7.65. The van der Waals surface area contributed by atoms with Crippen molar-refractivity contribution in [1.29, 1.82) is 0 Å². The molecule has 1 rings (SSSR count). The minimum Gasteiger partial charge on any atom is -0.480 e. The molecule has 1 aromatic carbocycles. The van der Waals surface area contributed by atoms with Gasteiger partial charge in [-0.1, -0.05) is 18.2 Å². The molecule has 1 atom stereocenters. The first-order valence-corrected chi connectivity index (χ1v) is 7.21. The standard InChI is InChI=1S/C11H15NO2S2/c1-15-10-5-3-2-4-8(10)6-16-7-9(12)11(13)14/h2-5,9H,6-7,12H2,1H3,(H,13,14)/t9-/m0/s1. The van der Waals surface area contributed by atoms with Crippen molar-refractivity contribution in [2.45, 2.75) is 16.7 Å². The molecule has 0 fully saturated rings. The molecule has 0 aliphatic heterocycles. The smallest absolute Gasteiger partial charge is 0.321 e. The third-order valence-corrected chi connectivity index (χ3v) is 4.01. The van der Waals surface area contributed by atoms with Crippen LogP contribution in [0.5, 0.6) is 0 Å². The number of carbonyl (C=O) groups is 1. The van der Waals surface area contributed by atoms with Crippen LogP contribution in [0.2, 0.25) is 0 Å². The molecule has 3 N–H and O–H groups in total. The average molecular weight is 257 g/mol. The van der Waals surface area contributed by atoms with Crippen molar-refractivity contribution < 1.29 is 9.90 Å². The predicted molar refractivity (Wildman–Crippen MR) is 70.0 cm³/mol. The van der Waals surface area contributed by atoms with E-state index in [9.17, 15) is 4.79 Å². The second-order valence-electron chi connectivity index (χ2n) is 3.27. The van der Waals surface area contributed by atoms with Gasteiger partial charge in [0.05, 0.1) is 0 Å². The summed E-state index contributed by atoms with van der Waals surface area (Å²) in [6.07, 6.45) is 2.03. The molecule has 0 unspecified atom stereocenters. The highest BCUT2D eigenvalue weighted by atomic mass is 32.2. The van der Waals surface area contributed by atoms with E-state index in [1.54, 1.807) is 23.5 Å². The maximum Gasteiger partial charge on any atom is 0.321 e. The number of rotatable bonds is 6. The largest absolute Gasteiger partial charge is 0.480 e. The average Bonchev–Trinajstić information content (AvgIpc) is 2.29. The topological polar surface area (TPSA) is 63.3 Å². The molecule has 5 heteroatoms. The van der Waals surface area contributed by atoms with Crippen LogP contribution in [-0.4, -0.2) is 29.1 Å². The number of nitrogens with two attached hydrogens (primary N) is 1. The first-order valence-electron chi connectivity index (χ1n) is 4.83. The number of aliphatic carboxylic acids is 1. The molecule has 0 spiro atoms. The number of benzene rings is 1. The van der Waals surface area contributed by atoms with E-state index in [2.05, 4.69) is 12.1 Å². The van der Waals surface area contributed by atoms with Gasteiger partial charge in [0.1, 0.15) is 6.04 Å². The maximum absolute atomic E-state index is 10.5. The van der Waals surface area contributed by atoms with Crippen LogP contribution in [0.25, 0.3) is 0 Å². The zero-order chi connectivity index (χ0) is 12.0. The van der Waals surface area contributed by atoms with Crippen LogP contribution in [0.1, 0.15) is 5.56 Å². The highest BCUT2D eigenvalue weighted by Gasteiger charge is 2.11. The Bertz CT molecular complexity index is 358. The Morgan fingerprint density at radius 1 is 1.50 bits per heavy atom. The van der Waals surface area contributed by atoms with Crippen molar-refractivity contribution in [3.8, 4) is 0 Å². The summed E-state index contributed by atoms with van der Waals surface area (Å²) in [5.74, 6) is 0.307. The Morgan fingerprint density at radius 2 is 2.19 bits per heavy atom. The van der Waals surface area contributed by atoms with Gasteiger partial charge in [0, 0.05) is 16.4 Å². The summed E-state index contributed by atoms with van der Waals surface area (Å²) in [6, 6.07) is 7.35. The van der Waals surface area contributed by atoms with Crippen molar-refractivity contribution in [2.75, 3.05) is 12.0 Å². The Balaban J connectivity index is 2.45. The highest BCUT2D eigenvalue weighted by molar-refractivity contribution is 7.99. The fourth-order valence-corrected chi connectivity index (χ4v) is 2.88. The molecule has 16 heavy (non-hydrogen) atoms. The zero-order valence-electron chi connectivity index (χ0n) is 9.05. The highest BCUT2D eigenvalue weighted by Crippen LogP contribution is 2.24. The van der Waals surface area contributed by atoms with E-state index in [4.69, 9.17) is 10.8 Å². The molecule has 0 saturated heterocycles. The fraction of sp³-hybridized carbons (Fsp3) is 0.364. The van der Waals surface area contributed by atoms with Crippen molar-refractivity contribution in [1.82, 2.24) is 0 Å². The van der Waals surface area contributed by atoms with Gasteiger partial charge in [0.15, 0.2) is 0 Å². The van der Waals surface area contributed by atoms with Crippen LogP contribution in [-0.2, 0) is 10.5 Å². The van der Waals surface area contributed by atoms with Gasteiger partial charge in [-0.05, 0) is 17.9 Å². The van der Waals surface area contributed by atoms with Crippen LogP contribution >= 0.6 is 23.5 Å². The number of carboxylic acids is 1. The third kappa shape index (κ3) is 4.08. The lowest BCUT2D eigenvalue weighted by Crippen LogP contribution is -2.32. The normalized spacial score (nSPS) is 12.4. The molecule has 0 amide bonds. The van der Waals surface area contributed by atoms with E-state index in [0.29, 0.717) is 5.75 Å². The van der Waals surface area contributed by atoms with E-state index in [-0.39, 0.29) is 0 Å². The van der Waals surface area contributed by atoms with E-state index >= 15 is 0 Å². The molecular formula is C11H15NO2S2. The van der Waals surface area contributed by atoms with Gasteiger partial charge < -0.3 is 10.8 Å². The van der Waals surface area contributed by atoms with Crippen molar-refractivity contribution in [2.24, 2.45) is 5.73 Å². The molecule has 0 saturated carbocycles. The zero-order valence-corrected chi connectivity index (χ0v) is 10.7. The van der Waals surface area contributed by atoms with Gasteiger partial charge in [-0.25, -0.2) is 0 Å². The molecule has 0 radical (unpaired) electrons. The van der Waals surface area contributed by atoms with Crippen molar-refractivity contribution in [3.05, 3.63) is 29.8 Å². The monoisotopic (exact) mass is 257 g/mol. The molecular weight excluding hydrogens is 242 g/mol. The van der Waals surface area contributed by atoms with Gasteiger partial charge in [-0.2, -0.15) is 11.8 Å². The van der Waals surface area contributed by atoms with Crippen molar-refractivity contribution in [3.63, 3.8) is 0 Å². The molecule has 88 valence electrons. The number of hydrogen-bond acceptors (Lipinski definition) is 4. The minimum atomic E-state index is -0.939. The van der Waals surface area contributed by atoms with E-state index < -0.39 is 12.0 Å². The molecule has 0 aliphatic rings. The number of thioether (sulfide) groups is 2. The van der Waals surface area contributed by atoms with Gasteiger partial charge in [0.2, 0.25) is 0 Å². The van der Waals surface area contributed by atoms with Crippen LogP contribution in [0.15, 0.2) is 29.2 Å². The summed E-state index contributed by atoms with van der Waals surface area (Å²) < 4.78 is 0. The molecule has 0 aromatic heterocycles. The summed E-state index contributed by atoms with van der Waals surface area (Å²) in [7, 11) is 0. The lowest BCUT2D eigenvalue weighted by Gasteiger charge is -2.08. The second kappa shape index (κ2) is 6.83. The Kier molecular flexibility index (Phi) is 5.73. The molecule has 0 bridgehead atoms. The summed E-state index contributed by atoms with van der Waals surface area (Å²) in [4.78, 5) is 11.8. The fourth-order valence-electron chi connectivity index (χ4n) is 1.19. The van der Waals surface area contributed by atoms with E-state index in [0.717, 1.165) is 5.75 Å². The van der Waals surface area contributed by atoms with Gasteiger partial charge in [0.25, 0.3) is 0 Å². The Labute approximate surface area is 104 Å². The number of carboxylic acid groups (broad SMARTS) is 1. The summed E-state index contributed by atoms with van der Waals surface area (Å²) in [5.41, 5.74) is 6.66. The summed E-state index contributed by atoms with van der Waals surface area (Å²) >= 11 is 3.25. The summed E-state index contributed by atoms with van der Waals surface area (Å²) in [5, 5.41) is 8.64. The van der Waals surface area contributed by atoms with Gasteiger partial charge in [-0.15, -0.1) is 11.8 Å². The SMILES string of the molecule is CSc1ccccc1CSC[C@H](N)C(=O)O. The molecule has 3 nitrogen and oxygen atoms in total. The quantitative estimate of drug-likeness (QED) is 0.764. The van der Waals surface area contributed by atoms with Crippen LogP contribution in [0.3, 0.4) is 0 Å². The molecule has 1 aromatic rings. The summed E-state index contributed by atoms with van der Waals surface area (Å²) in [6.45, 7) is 0. The van der Waals surface area contributed by atoms with Crippen molar-refractivity contribution >= 4 is 29.5 Å². The molecule has 0 heterocycles. The Hall–Kier alpha value is -0.650. The number of hydrogen-bond donors (Lipinski definition) is 2. The predicted octanol–water partition coefficient (Wildman–Crippen LogP) is 2.05. The molecule has 0 aliphatic carbocycles. The lowest BCUT2D eigenvalue weighted by molar-refractivity contribution is -0.137. The second-order valence-corrected chi connectivity index (χ2v) is 5.15. The minimum absolute atomic E-state index is 0.443. The first kappa shape index (κ1) is 13.4. The Morgan fingerprint density at radius 3 is 2.81 bits per heavy atom. The van der Waals surface area contributed by atoms with E-state index in [1.807, 2.05) is 18.4 Å². The third-order valence-electron chi connectivity index (χ3n) is 2.06. The van der Waals surface area contributed by atoms with E-state index in [1.165, 1.54) is 10.5 Å². The van der Waals surface area contributed by atoms with Gasteiger partial charge in [-0.3, -0.25) is 4.79 Å². The van der Waals surface area contributed by atoms with Crippen LogP contribution < -0.4 is 5.73 Å². The van der Waals surface area contributed by atoms with Gasteiger partial charge >= 0.3 is 5.97 Å². The van der Waals surface area contributed by atoms with Crippen LogP contribution in [0.4, 0.5) is 0 Å². The lowest BCUT2D eigenvalue weighted by atomic mass is 10.2.